The lowest BCUT2D eigenvalue weighted by atomic mass is 10.1. The zero-order valence-corrected chi connectivity index (χ0v) is 21.4. The van der Waals surface area contributed by atoms with E-state index < -0.39 is 9.85 Å². The molecule has 36 heavy (non-hydrogen) atoms. The molecule has 2 aromatic rings. The maximum Gasteiger partial charge on any atom is 0.311 e. The third-order valence-corrected chi connectivity index (χ3v) is 5.51. The summed E-state index contributed by atoms with van der Waals surface area (Å²) in [5.74, 6) is 0.438. The lowest BCUT2D eigenvalue weighted by Gasteiger charge is -2.08. The SMILES string of the molecule is CCCCCOc1ccc(/C(C)=N/N=C(\C)c2ccc(OCCCCC)c([N+](=O)[O-])c2)cc1[N+](=O)[O-]. The molecule has 0 radical (unpaired) electrons. The van der Waals surface area contributed by atoms with E-state index in [0.29, 0.717) is 35.8 Å². The Balaban J connectivity index is 2.22. The average Bonchev–Trinajstić information content (AvgIpc) is 2.87. The number of ether oxygens (including phenoxy) is 2. The van der Waals surface area contributed by atoms with Crippen LogP contribution < -0.4 is 9.47 Å². The van der Waals surface area contributed by atoms with Crippen molar-refractivity contribution in [3.8, 4) is 11.5 Å². The van der Waals surface area contributed by atoms with Gasteiger partial charge in [-0.3, -0.25) is 20.2 Å². The van der Waals surface area contributed by atoms with Crippen molar-refractivity contribution >= 4 is 22.8 Å². The topological polar surface area (TPSA) is 129 Å². The lowest BCUT2D eigenvalue weighted by Crippen LogP contribution is -2.04. The normalized spacial score (nSPS) is 11.9. The first-order chi connectivity index (χ1) is 17.3. The van der Waals surface area contributed by atoms with Crippen LogP contribution in [0.15, 0.2) is 46.6 Å². The molecule has 0 fully saturated rings. The van der Waals surface area contributed by atoms with Gasteiger partial charge in [-0.2, -0.15) is 10.2 Å². The highest BCUT2D eigenvalue weighted by Gasteiger charge is 2.18. The minimum atomic E-state index is -0.481. The summed E-state index contributed by atoms with van der Waals surface area (Å²) in [7, 11) is 0. The Bertz CT molecular complexity index is 1030. The van der Waals surface area contributed by atoms with Crippen molar-refractivity contribution < 1.29 is 19.3 Å². The summed E-state index contributed by atoms with van der Waals surface area (Å²) in [5, 5.41) is 31.5. The van der Waals surface area contributed by atoms with E-state index in [-0.39, 0.29) is 22.9 Å². The summed E-state index contributed by atoms with van der Waals surface area (Å²) < 4.78 is 11.2. The van der Waals surface area contributed by atoms with Gasteiger partial charge in [-0.1, -0.05) is 39.5 Å². The molecule has 0 aliphatic carbocycles. The molecule has 0 spiro atoms. The largest absolute Gasteiger partial charge is 0.487 e. The number of nitro groups is 2. The zero-order chi connectivity index (χ0) is 26.5. The molecular weight excluding hydrogens is 464 g/mol. The molecule has 0 heterocycles. The van der Waals surface area contributed by atoms with Gasteiger partial charge in [0.05, 0.1) is 34.5 Å². The number of unbranched alkanes of at least 4 members (excludes halogenated alkanes) is 4. The maximum atomic E-state index is 11.5. The summed E-state index contributed by atoms with van der Waals surface area (Å²) in [6, 6.07) is 9.35. The van der Waals surface area contributed by atoms with E-state index in [0.717, 1.165) is 38.5 Å². The molecule has 2 rings (SSSR count). The Kier molecular flexibility index (Phi) is 11.5. The van der Waals surface area contributed by atoms with Crippen molar-refractivity contribution in [3.63, 3.8) is 0 Å². The smallest absolute Gasteiger partial charge is 0.311 e. The minimum Gasteiger partial charge on any atom is -0.487 e. The number of nitrogens with zero attached hydrogens (tertiary/aromatic N) is 4. The summed E-state index contributed by atoms with van der Waals surface area (Å²) >= 11 is 0. The van der Waals surface area contributed by atoms with Crippen molar-refractivity contribution in [1.82, 2.24) is 0 Å². The lowest BCUT2D eigenvalue weighted by molar-refractivity contribution is -0.386. The standard InChI is InChI=1S/C26H34N4O6/c1-5-7-9-15-35-25-13-11-21(17-23(25)29(31)32)19(3)27-28-20(4)22-12-14-26(24(18-22)30(33)34)36-16-10-8-6-2/h11-14,17-18H,5-10,15-16H2,1-4H3/b27-19+,28-20+. The van der Waals surface area contributed by atoms with Gasteiger partial charge in [0.1, 0.15) is 0 Å². The molecule has 2 aromatic carbocycles. The Morgan fingerprint density at radius 2 is 1.11 bits per heavy atom. The molecule has 0 saturated carbocycles. The predicted molar refractivity (Wildman–Crippen MR) is 141 cm³/mol. The number of rotatable bonds is 15. The molecule has 194 valence electrons. The molecule has 0 unspecified atom stereocenters. The van der Waals surface area contributed by atoms with E-state index in [2.05, 4.69) is 24.1 Å². The van der Waals surface area contributed by atoms with Crippen LogP contribution in [0.2, 0.25) is 0 Å². The third kappa shape index (κ3) is 8.44. The average molecular weight is 499 g/mol. The van der Waals surface area contributed by atoms with Crippen LogP contribution in [0.4, 0.5) is 11.4 Å². The van der Waals surface area contributed by atoms with E-state index in [4.69, 9.17) is 9.47 Å². The molecule has 0 amide bonds. The van der Waals surface area contributed by atoms with Crippen molar-refractivity contribution in [2.45, 2.75) is 66.2 Å². The van der Waals surface area contributed by atoms with E-state index in [1.54, 1.807) is 38.1 Å². The van der Waals surface area contributed by atoms with Crippen LogP contribution in [0.5, 0.6) is 11.5 Å². The number of benzene rings is 2. The molecule has 0 saturated heterocycles. The van der Waals surface area contributed by atoms with Crippen LogP contribution >= 0.6 is 0 Å². The molecule has 0 bridgehead atoms. The second-order valence-electron chi connectivity index (χ2n) is 8.36. The van der Waals surface area contributed by atoms with Gasteiger partial charge >= 0.3 is 11.4 Å². The highest BCUT2D eigenvalue weighted by Crippen LogP contribution is 2.30. The van der Waals surface area contributed by atoms with Crippen molar-refractivity contribution in [2.75, 3.05) is 13.2 Å². The van der Waals surface area contributed by atoms with Crippen molar-refractivity contribution in [2.24, 2.45) is 10.2 Å². The fourth-order valence-electron chi connectivity index (χ4n) is 3.35. The number of hydrogen-bond acceptors (Lipinski definition) is 8. The summed E-state index contributed by atoms with van der Waals surface area (Å²) in [5.41, 5.74) is 1.71. The highest BCUT2D eigenvalue weighted by atomic mass is 16.6. The first-order valence-electron chi connectivity index (χ1n) is 12.2. The first kappa shape index (κ1) is 28.4. The number of hydrogen-bond donors (Lipinski definition) is 0. The van der Waals surface area contributed by atoms with Gasteiger partial charge in [0.25, 0.3) is 0 Å². The zero-order valence-electron chi connectivity index (χ0n) is 21.4. The third-order valence-electron chi connectivity index (χ3n) is 5.51. The van der Waals surface area contributed by atoms with E-state index in [1.807, 2.05) is 0 Å². The predicted octanol–water partition coefficient (Wildman–Crippen LogP) is 6.87. The molecule has 0 aliphatic heterocycles. The van der Waals surface area contributed by atoms with Gasteiger partial charge in [0, 0.05) is 23.3 Å². The summed E-state index contributed by atoms with van der Waals surface area (Å²) in [6.45, 7) is 8.35. The Morgan fingerprint density at radius 3 is 1.44 bits per heavy atom. The highest BCUT2D eigenvalue weighted by molar-refractivity contribution is 6.02. The van der Waals surface area contributed by atoms with E-state index >= 15 is 0 Å². The minimum absolute atomic E-state index is 0.135. The fraction of sp³-hybridized carbons (Fsp3) is 0.462. The first-order valence-corrected chi connectivity index (χ1v) is 12.2. The van der Waals surface area contributed by atoms with E-state index in [1.165, 1.54) is 12.1 Å². The van der Waals surface area contributed by atoms with Gasteiger partial charge < -0.3 is 9.47 Å². The summed E-state index contributed by atoms with van der Waals surface area (Å²) in [6.07, 6.45) is 5.70. The van der Waals surface area contributed by atoms with Gasteiger partial charge in [0.2, 0.25) is 0 Å². The molecule has 10 heteroatoms. The van der Waals surface area contributed by atoms with Crippen molar-refractivity contribution in [3.05, 3.63) is 67.8 Å². The van der Waals surface area contributed by atoms with Crippen LogP contribution in [0, 0.1) is 20.2 Å². The molecular formula is C26H34N4O6. The number of nitro benzene ring substituents is 2. The molecule has 10 nitrogen and oxygen atoms in total. The van der Waals surface area contributed by atoms with E-state index in [9.17, 15) is 20.2 Å². The monoisotopic (exact) mass is 498 g/mol. The fourth-order valence-corrected chi connectivity index (χ4v) is 3.35. The van der Waals surface area contributed by atoms with Gasteiger partial charge in [-0.05, 0) is 51.0 Å². The van der Waals surface area contributed by atoms with Crippen LogP contribution in [0.1, 0.15) is 77.3 Å². The second kappa shape index (κ2) is 14.6. The Hall–Kier alpha value is -3.82. The molecule has 0 atom stereocenters. The Morgan fingerprint density at radius 1 is 0.722 bits per heavy atom. The molecule has 0 aliphatic rings. The molecule has 0 aromatic heterocycles. The van der Waals surface area contributed by atoms with Crippen molar-refractivity contribution in [1.29, 1.82) is 0 Å². The molecule has 0 N–H and O–H groups in total. The van der Waals surface area contributed by atoms with Crippen LogP contribution in [0.3, 0.4) is 0 Å². The van der Waals surface area contributed by atoms with Crippen LogP contribution in [0.25, 0.3) is 0 Å². The van der Waals surface area contributed by atoms with Gasteiger partial charge in [-0.25, -0.2) is 0 Å². The summed E-state index contributed by atoms with van der Waals surface area (Å²) in [4.78, 5) is 22.1. The Labute approximate surface area is 211 Å². The van der Waals surface area contributed by atoms with Gasteiger partial charge in [-0.15, -0.1) is 0 Å². The van der Waals surface area contributed by atoms with Gasteiger partial charge in [0.15, 0.2) is 11.5 Å². The van der Waals surface area contributed by atoms with Crippen LogP contribution in [-0.4, -0.2) is 34.5 Å². The quantitative estimate of drug-likeness (QED) is 0.114. The maximum absolute atomic E-state index is 11.5. The van der Waals surface area contributed by atoms with Crippen LogP contribution in [-0.2, 0) is 0 Å². The second-order valence-corrected chi connectivity index (χ2v) is 8.36.